The van der Waals surface area contributed by atoms with Crippen molar-refractivity contribution >= 4 is 34.5 Å². The minimum atomic E-state index is -0.446. The number of para-hydroxylation sites is 1. The largest absolute Gasteiger partial charge is 0.312 e. The molecule has 1 fully saturated rings. The Morgan fingerprint density at radius 1 is 1.07 bits per heavy atom. The number of nitrogens with one attached hydrogen (secondary N) is 1. The van der Waals surface area contributed by atoms with E-state index in [4.69, 9.17) is 0 Å². The van der Waals surface area contributed by atoms with Gasteiger partial charge >= 0.3 is 0 Å². The maximum atomic E-state index is 12.4. The molecule has 4 rings (SSSR count). The molecule has 0 bridgehead atoms. The average molecular weight is 374 g/mol. The zero-order chi connectivity index (χ0) is 19.5. The molecular formula is C21H18N4O3. The van der Waals surface area contributed by atoms with Gasteiger partial charge in [0, 0.05) is 24.7 Å². The molecule has 0 unspecified atom stereocenters. The molecule has 140 valence electrons. The fraction of sp³-hybridized carbons (Fsp3) is 0.143. The summed E-state index contributed by atoms with van der Waals surface area (Å²) in [5.41, 5.74) is 4.40. The van der Waals surface area contributed by atoms with E-state index in [1.165, 1.54) is 12.4 Å². The van der Waals surface area contributed by atoms with E-state index < -0.39 is 5.91 Å². The second-order valence-corrected chi connectivity index (χ2v) is 6.49. The highest BCUT2D eigenvalue weighted by atomic mass is 16.2. The molecule has 1 aliphatic rings. The van der Waals surface area contributed by atoms with Crippen LogP contribution in [0.15, 0.2) is 65.7 Å². The van der Waals surface area contributed by atoms with E-state index in [9.17, 15) is 14.4 Å². The number of amides is 2. The monoisotopic (exact) mass is 374 g/mol. The number of benzene rings is 2. The molecule has 1 saturated heterocycles. The zero-order valence-corrected chi connectivity index (χ0v) is 15.0. The fourth-order valence-electron chi connectivity index (χ4n) is 3.16. The summed E-state index contributed by atoms with van der Waals surface area (Å²) < 4.78 is 1.07. The van der Waals surface area contributed by atoms with Crippen LogP contribution in [-0.4, -0.2) is 28.0 Å². The summed E-state index contributed by atoms with van der Waals surface area (Å²) in [6.07, 6.45) is 5.74. The molecule has 1 aromatic heterocycles. The first-order chi connectivity index (χ1) is 13.6. The van der Waals surface area contributed by atoms with E-state index in [0.29, 0.717) is 17.3 Å². The Kier molecular flexibility index (Phi) is 4.72. The van der Waals surface area contributed by atoms with Crippen molar-refractivity contribution in [1.29, 1.82) is 0 Å². The van der Waals surface area contributed by atoms with E-state index in [-0.39, 0.29) is 11.5 Å². The molecular weight excluding hydrogens is 356 g/mol. The maximum Gasteiger partial charge on any atom is 0.280 e. The summed E-state index contributed by atoms with van der Waals surface area (Å²) in [7, 11) is 0. The molecule has 3 aromatic rings. The van der Waals surface area contributed by atoms with Gasteiger partial charge in [-0.25, -0.2) is 9.66 Å². The van der Waals surface area contributed by atoms with Crippen LogP contribution in [0.2, 0.25) is 0 Å². The summed E-state index contributed by atoms with van der Waals surface area (Å²) in [6.45, 7) is 0.741. The van der Waals surface area contributed by atoms with Crippen molar-refractivity contribution in [3.8, 4) is 0 Å². The van der Waals surface area contributed by atoms with E-state index in [2.05, 4.69) is 10.4 Å². The third-order valence-corrected chi connectivity index (χ3v) is 4.60. The highest BCUT2D eigenvalue weighted by Gasteiger charge is 2.21. The lowest BCUT2D eigenvalue weighted by molar-refractivity contribution is -0.117. The number of aromatic nitrogens is 2. The molecule has 1 N–H and O–H groups in total. The van der Waals surface area contributed by atoms with Crippen molar-refractivity contribution < 1.29 is 9.59 Å². The van der Waals surface area contributed by atoms with Crippen molar-refractivity contribution in [2.45, 2.75) is 12.8 Å². The van der Waals surface area contributed by atoms with Crippen molar-refractivity contribution in [3.05, 3.63) is 76.9 Å². The van der Waals surface area contributed by atoms with Gasteiger partial charge in [0.25, 0.3) is 11.5 Å². The SMILES string of the molecule is O=C(/C=C/c1ccc(N2CCCC2=O)cc1)Nn1cnc2ccccc2c1=O. The Hall–Kier alpha value is -3.74. The molecule has 28 heavy (non-hydrogen) atoms. The van der Waals surface area contributed by atoms with Gasteiger partial charge in [-0.1, -0.05) is 24.3 Å². The van der Waals surface area contributed by atoms with Gasteiger partial charge in [0.15, 0.2) is 0 Å². The Morgan fingerprint density at radius 3 is 2.61 bits per heavy atom. The van der Waals surface area contributed by atoms with Gasteiger partial charge in [-0.3, -0.25) is 19.8 Å². The van der Waals surface area contributed by atoms with Gasteiger partial charge in [-0.05, 0) is 42.3 Å². The van der Waals surface area contributed by atoms with Crippen LogP contribution in [0, 0.1) is 0 Å². The van der Waals surface area contributed by atoms with Gasteiger partial charge in [-0.15, -0.1) is 0 Å². The third kappa shape index (κ3) is 3.55. The number of hydrogen-bond acceptors (Lipinski definition) is 4. The maximum absolute atomic E-state index is 12.4. The minimum Gasteiger partial charge on any atom is -0.312 e. The van der Waals surface area contributed by atoms with Crippen LogP contribution in [0.5, 0.6) is 0 Å². The van der Waals surface area contributed by atoms with E-state index >= 15 is 0 Å². The van der Waals surface area contributed by atoms with Crippen molar-refractivity contribution in [1.82, 2.24) is 9.66 Å². The molecule has 0 spiro atoms. The molecule has 7 heteroatoms. The molecule has 0 aliphatic carbocycles. The second kappa shape index (κ2) is 7.48. The predicted octanol–water partition coefficient (Wildman–Crippen LogP) is 2.31. The van der Waals surface area contributed by atoms with Crippen LogP contribution >= 0.6 is 0 Å². The standard InChI is InChI=1S/C21H18N4O3/c26-19(23-25-14-22-18-5-2-1-4-17(18)21(25)28)12-9-15-7-10-16(11-8-15)24-13-3-6-20(24)27/h1-2,4-5,7-12,14H,3,6,13H2,(H,23,26)/b12-9+. The van der Waals surface area contributed by atoms with E-state index in [1.807, 2.05) is 24.3 Å². The molecule has 0 atom stereocenters. The van der Waals surface area contributed by atoms with E-state index in [1.54, 1.807) is 35.2 Å². The Balaban J connectivity index is 1.45. The first-order valence-electron chi connectivity index (χ1n) is 8.98. The first kappa shape index (κ1) is 17.7. The smallest absolute Gasteiger partial charge is 0.280 e. The number of carbonyl (C=O) groups is 2. The summed E-state index contributed by atoms with van der Waals surface area (Å²) >= 11 is 0. The van der Waals surface area contributed by atoms with Crippen LogP contribution in [-0.2, 0) is 9.59 Å². The highest BCUT2D eigenvalue weighted by Crippen LogP contribution is 2.21. The summed E-state index contributed by atoms with van der Waals surface area (Å²) in [5, 5.41) is 0.432. The molecule has 2 aromatic carbocycles. The topological polar surface area (TPSA) is 84.3 Å². The molecule has 2 heterocycles. The molecule has 7 nitrogen and oxygen atoms in total. The van der Waals surface area contributed by atoms with E-state index in [0.717, 1.165) is 28.9 Å². The van der Waals surface area contributed by atoms with Crippen molar-refractivity contribution in [3.63, 3.8) is 0 Å². The Labute approximate surface area is 160 Å². The Bertz CT molecular complexity index is 1130. The summed E-state index contributed by atoms with van der Waals surface area (Å²) in [4.78, 5) is 42.2. The predicted molar refractivity (Wildman–Crippen MR) is 107 cm³/mol. The Morgan fingerprint density at radius 2 is 1.86 bits per heavy atom. The molecule has 2 amide bonds. The van der Waals surface area contributed by atoms with Crippen molar-refractivity contribution in [2.24, 2.45) is 0 Å². The highest BCUT2D eigenvalue weighted by molar-refractivity contribution is 5.98. The van der Waals surface area contributed by atoms with Crippen molar-refractivity contribution in [2.75, 3.05) is 16.9 Å². The number of rotatable bonds is 4. The molecule has 0 saturated carbocycles. The quantitative estimate of drug-likeness (QED) is 0.710. The fourth-order valence-corrected chi connectivity index (χ4v) is 3.16. The van der Waals surface area contributed by atoms with Gasteiger partial charge in [0.2, 0.25) is 5.91 Å². The van der Waals surface area contributed by atoms with Crippen LogP contribution in [0.25, 0.3) is 17.0 Å². The summed E-state index contributed by atoms with van der Waals surface area (Å²) in [6, 6.07) is 14.3. The number of anilines is 1. The minimum absolute atomic E-state index is 0.136. The third-order valence-electron chi connectivity index (χ3n) is 4.60. The zero-order valence-electron chi connectivity index (χ0n) is 15.0. The van der Waals surface area contributed by atoms with Crippen LogP contribution in [0.1, 0.15) is 18.4 Å². The number of hydrogen-bond donors (Lipinski definition) is 1. The van der Waals surface area contributed by atoms with Gasteiger partial charge < -0.3 is 4.90 Å². The van der Waals surface area contributed by atoms with Gasteiger partial charge in [0.1, 0.15) is 6.33 Å². The van der Waals surface area contributed by atoms with Gasteiger partial charge in [-0.2, -0.15) is 0 Å². The number of fused-ring (bicyclic) bond motifs is 1. The lowest BCUT2D eigenvalue weighted by Crippen LogP contribution is -2.32. The second-order valence-electron chi connectivity index (χ2n) is 6.49. The summed E-state index contributed by atoms with van der Waals surface area (Å²) in [5.74, 6) is -0.310. The van der Waals surface area contributed by atoms with Gasteiger partial charge in [0.05, 0.1) is 10.9 Å². The van der Waals surface area contributed by atoms with Crippen LogP contribution in [0.4, 0.5) is 5.69 Å². The molecule has 1 aliphatic heterocycles. The first-order valence-corrected chi connectivity index (χ1v) is 8.98. The van der Waals surface area contributed by atoms with Crippen LogP contribution in [0.3, 0.4) is 0 Å². The molecule has 0 radical (unpaired) electrons. The lowest BCUT2D eigenvalue weighted by Gasteiger charge is -2.15. The normalized spacial score (nSPS) is 14.1. The average Bonchev–Trinajstić information content (AvgIpc) is 3.15. The number of nitrogens with zero attached hydrogens (tertiary/aromatic N) is 3. The van der Waals surface area contributed by atoms with Crippen LogP contribution < -0.4 is 15.9 Å². The number of carbonyl (C=O) groups excluding carboxylic acids is 2. The lowest BCUT2D eigenvalue weighted by atomic mass is 10.2.